The zero-order chi connectivity index (χ0) is 19.2. The van der Waals surface area contributed by atoms with Gasteiger partial charge in [0.25, 0.3) is 5.91 Å². The molecule has 0 spiro atoms. The number of carbonyl (C=O) groups excluding carboxylic acids is 1. The molecule has 2 N–H and O–H groups in total. The van der Waals surface area contributed by atoms with E-state index in [1.165, 1.54) is 11.8 Å². The van der Waals surface area contributed by atoms with Crippen molar-refractivity contribution in [1.82, 2.24) is 15.3 Å². The molecule has 0 aliphatic rings. The summed E-state index contributed by atoms with van der Waals surface area (Å²) in [7, 11) is 3.99. The van der Waals surface area contributed by atoms with Crippen molar-refractivity contribution in [3.63, 3.8) is 0 Å². The van der Waals surface area contributed by atoms with Gasteiger partial charge >= 0.3 is 0 Å². The molecule has 6 heteroatoms. The number of hydrogen-bond donors (Lipinski definition) is 2. The molecule has 0 aliphatic carbocycles. The predicted molar refractivity (Wildman–Crippen MR) is 108 cm³/mol. The average Bonchev–Trinajstić information content (AvgIpc) is 2.68. The van der Waals surface area contributed by atoms with E-state index in [1.54, 1.807) is 6.20 Å². The average molecular weight is 361 g/mol. The van der Waals surface area contributed by atoms with Gasteiger partial charge in [-0.1, -0.05) is 29.8 Å². The molecule has 0 saturated carbocycles. The molecule has 0 atom stereocenters. The van der Waals surface area contributed by atoms with E-state index in [1.807, 2.05) is 74.4 Å². The Hall–Kier alpha value is -3.41. The van der Waals surface area contributed by atoms with Crippen molar-refractivity contribution in [3.8, 4) is 0 Å². The summed E-state index contributed by atoms with van der Waals surface area (Å²) in [5.41, 5.74) is 4.55. The van der Waals surface area contributed by atoms with Crippen LogP contribution in [0.15, 0.2) is 60.9 Å². The number of rotatable bonds is 6. The third-order valence-corrected chi connectivity index (χ3v) is 4.11. The van der Waals surface area contributed by atoms with Gasteiger partial charge in [0.15, 0.2) is 0 Å². The molecule has 0 saturated heterocycles. The topological polar surface area (TPSA) is 70.2 Å². The van der Waals surface area contributed by atoms with E-state index < -0.39 is 0 Å². The van der Waals surface area contributed by atoms with Gasteiger partial charge in [0.2, 0.25) is 0 Å². The van der Waals surface area contributed by atoms with Crippen LogP contribution < -0.4 is 15.5 Å². The Morgan fingerprint density at radius 1 is 0.963 bits per heavy atom. The molecule has 27 heavy (non-hydrogen) atoms. The Kier molecular flexibility index (Phi) is 5.66. The van der Waals surface area contributed by atoms with E-state index in [0.29, 0.717) is 12.4 Å². The molecule has 3 aromatic rings. The number of benzene rings is 2. The first-order valence-corrected chi connectivity index (χ1v) is 8.71. The van der Waals surface area contributed by atoms with Crippen LogP contribution in [0.4, 0.5) is 17.2 Å². The predicted octanol–water partition coefficient (Wildman–Crippen LogP) is 3.52. The molecule has 0 radical (unpaired) electrons. The van der Waals surface area contributed by atoms with Gasteiger partial charge in [-0.15, -0.1) is 0 Å². The Balaban J connectivity index is 1.57. The summed E-state index contributed by atoms with van der Waals surface area (Å²) in [6.45, 7) is 2.49. The fraction of sp³-hybridized carbons (Fsp3) is 0.190. The van der Waals surface area contributed by atoms with Crippen LogP contribution in [0.1, 0.15) is 21.6 Å². The summed E-state index contributed by atoms with van der Waals surface area (Å²) >= 11 is 0. The number of carbonyl (C=O) groups is 1. The molecule has 6 nitrogen and oxygen atoms in total. The Morgan fingerprint density at radius 2 is 1.67 bits per heavy atom. The lowest BCUT2D eigenvalue weighted by atomic mass is 10.1. The van der Waals surface area contributed by atoms with E-state index in [-0.39, 0.29) is 11.6 Å². The number of nitrogens with one attached hydrogen (secondary N) is 2. The zero-order valence-corrected chi connectivity index (χ0v) is 15.7. The second-order valence-electron chi connectivity index (χ2n) is 6.52. The fourth-order valence-corrected chi connectivity index (χ4v) is 2.48. The van der Waals surface area contributed by atoms with Crippen LogP contribution in [0.3, 0.4) is 0 Å². The molecule has 0 fully saturated rings. The standard InChI is InChI=1S/C21H23N5O/c1-15-4-6-16(7-5-15)12-24-21(27)19-13-23-20(14-22-19)25-17-8-10-18(11-9-17)26(2)3/h4-11,13-14H,12H2,1-3H3,(H,23,25)(H,24,27). The molecule has 0 unspecified atom stereocenters. The molecule has 1 amide bonds. The van der Waals surface area contributed by atoms with E-state index in [0.717, 1.165) is 16.9 Å². The maximum absolute atomic E-state index is 12.2. The molecular weight excluding hydrogens is 338 g/mol. The third-order valence-electron chi connectivity index (χ3n) is 4.11. The SMILES string of the molecule is Cc1ccc(CNC(=O)c2cnc(Nc3ccc(N(C)C)cc3)cn2)cc1. The van der Waals surface area contributed by atoms with Gasteiger partial charge in [-0.05, 0) is 36.8 Å². The van der Waals surface area contributed by atoms with Gasteiger partial charge in [-0.2, -0.15) is 0 Å². The summed E-state index contributed by atoms with van der Waals surface area (Å²) < 4.78 is 0. The summed E-state index contributed by atoms with van der Waals surface area (Å²) in [5.74, 6) is 0.340. The number of anilines is 3. The van der Waals surface area contributed by atoms with Crippen LogP contribution in [0.5, 0.6) is 0 Å². The minimum atomic E-state index is -0.245. The van der Waals surface area contributed by atoms with Gasteiger partial charge < -0.3 is 15.5 Å². The molecule has 0 bridgehead atoms. The lowest BCUT2D eigenvalue weighted by molar-refractivity contribution is 0.0945. The van der Waals surface area contributed by atoms with Crippen LogP contribution >= 0.6 is 0 Å². The zero-order valence-electron chi connectivity index (χ0n) is 15.7. The number of nitrogens with zero attached hydrogens (tertiary/aromatic N) is 3. The normalized spacial score (nSPS) is 10.3. The van der Waals surface area contributed by atoms with E-state index >= 15 is 0 Å². The van der Waals surface area contributed by atoms with Crippen molar-refractivity contribution >= 4 is 23.1 Å². The van der Waals surface area contributed by atoms with Crippen LogP contribution in [-0.2, 0) is 6.54 Å². The minimum absolute atomic E-state index is 0.245. The van der Waals surface area contributed by atoms with E-state index in [2.05, 4.69) is 20.6 Å². The van der Waals surface area contributed by atoms with Crippen molar-refractivity contribution in [3.05, 3.63) is 77.7 Å². The van der Waals surface area contributed by atoms with Crippen LogP contribution in [0.2, 0.25) is 0 Å². The second-order valence-corrected chi connectivity index (χ2v) is 6.52. The van der Waals surface area contributed by atoms with Crippen LogP contribution in [0.25, 0.3) is 0 Å². The highest BCUT2D eigenvalue weighted by Crippen LogP contribution is 2.18. The molecule has 138 valence electrons. The number of hydrogen-bond acceptors (Lipinski definition) is 5. The first kappa shape index (κ1) is 18.4. The van der Waals surface area contributed by atoms with Crippen LogP contribution in [0, 0.1) is 6.92 Å². The highest BCUT2D eigenvalue weighted by molar-refractivity contribution is 5.92. The van der Waals surface area contributed by atoms with Crippen LogP contribution in [-0.4, -0.2) is 30.0 Å². The fourth-order valence-electron chi connectivity index (χ4n) is 2.48. The maximum atomic E-state index is 12.2. The maximum Gasteiger partial charge on any atom is 0.271 e. The van der Waals surface area contributed by atoms with Crippen molar-refractivity contribution in [2.24, 2.45) is 0 Å². The van der Waals surface area contributed by atoms with Gasteiger partial charge in [0.1, 0.15) is 11.5 Å². The Labute approximate surface area is 159 Å². The highest BCUT2D eigenvalue weighted by atomic mass is 16.1. The summed E-state index contributed by atoms with van der Waals surface area (Å²) in [4.78, 5) is 22.7. The number of aryl methyl sites for hydroxylation is 1. The molecule has 1 aromatic heterocycles. The summed E-state index contributed by atoms with van der Waals surface area (Å²) in [6, 6.07) is 16.0. The van der Waals surface area contributed by atoms with Crippen molar-refractivity contribution < 1.29 is 4.79 Å². The van der Waals surface area contributed by atoms with Gasteiger partial charge in [-0.3, -0.25) is 4.79 Å². The molecule has 3 rings (SSSR count). The Bertz CT molecular complexity index is 887. The molecular formula is C21H23N5O. The summed E-state index contributed by atoms with van der Waals surface area (Å²) in [5, 5.41) is 6.03. The second kappa shape index (κ2) is 8.31. The third kappa shape index (κ3) is 5.04. The molecule has 1 heterocycles. The highest BCUT2D eigenvalue weighted by Gasteiger charge is 2.08. The monoisotopic (exact) mass is 361 g/mol. The molecule has 0 aliphatic heterocycles. The molecule has 2 aromatic carbocycles. The smallest absolute Gasteiger partial charge is 0.271 e. The van der Waals surface area contributed by atoms with E-state index in [9.17, 15) is 4.79 Å². The lowest BCUT2D eigenvalue weighted by Crippen LogP contribution is -2.24. The van der Waals surface area contributed by atoms with Gasteiger partial charge in [0.05, 0.1) is 12.4 Å². The van der Waals surface area contributed by atoms with Crippen molar-refractivity contribution in [2.75, 3.05) is 24.3 Å². The number of amides is 1. The summed E-state index contributed by atoms with van der Waals surface area (Å²) in [6.07, 6.45) is 3.03. The minimum Gasteiger partial charge on any atom is -0.378 e. The van der Waals surface area contributed by atoms with Gasteiger partial charge in [-0.25, -0.2) is 9.97 Å². The number of aromatic nitrogens is 2. The first-order chi connectivity index (χ1) is 13.0. The van der Waals surface area contributed by atoms with Crippen molar-refractivity contribution in [2.45, 2.75) is 13.5 Å². The first-order valence-electron chi connectivity index (χ1n) is 8.71. The largest absolute Gasteiger partial charge is 0.378 e. The van der Waals surface area contributed by atoms with Gasteiger partial charge in [0, 0.05) is 32.0 Å². The van der Waals surface area contributed by atoms with Crippen molar-refractivity contribution in [1.29, 1.82) is 0 Å². The lowest BCUT2D eigenvalue weighted by Gasteiger charge is -2.13. The Morgan fingerprint density at radius 3 is 2.26 bits per heavy atom. The quantitative estimate of drug-likeness (QED) is 0.703. The van der Waals surface area contributed by atoms with E-state index in [4.69, 9.17) is 0 Å².